The number of aromatic nitrogens is 4. The number of imidazole rings is 1. The topological polar surface area (TPSA) is 61.4 Å². The molecule has 0 saturated carbocycles. The lowest BCUT2D eigenvalue weighted by Gasteiger charge is -2.13. The molecule has 0 spiro atoms. The van der Waals surface area contributed by atoms with Crippen molar-refractivity contribution in [1.29, 1.82) is 0 Å². The maximum absolute atomic E-state index is 13.1. The van der Waals surface area contributed by atoms with Gasteiger partial charge >= 0.3 is 0 Å². The predicted octanol–water partition coefficient (Wildman–Crippen LogP) is 4.46. The monoisotopic (exact) mass is 422 g/mol. The first-order chi connectivity index (χ1) is 14.5. The lowest BCUT2D eigenvalue weighted by molar-refractivity contribution is 0.0743. The van der Waals surface area contributed by atoms with Crippen molar-refractivity contribution in [1.82, 2.24) is 18.9 Å². The maximum atomic E-state index is 13.1. The number of pyridine rings is 1. The quantitative estimate of drug-likeness (QED) is 0.238. The Kier molecular flexibility index (Phi) is 6.20. The van der Waals surface area contributed by atoms with E-state index < -0.39 is 0 Å². The Morgan fingerprint density at radius 2 is 1.93 bits per heavy atom. The van der Waals surface area contributed by atoms with Gasteiger partial charge in [0.05, 0.1) is 22.7 Å². The molecule has 4 aromatic rings. The van der Waals surface area contributed by atoms with Crippen LogP contribution in [0.25, 0.3) is 16.6 Å². The van der Waals surface area contributed by atoms with Crippen LogP contribution < -0.4 is 5.56 Å². The van der Waals surface area contributed by atoms with Crippen molar-refractivity contribution in [2.75, 3.05) is 6.61 Å². The van der Waals surface area contributed by atoms with E-state index in [0.717, 1.165) is 28.4 Å². The van der Waals surface area contributed by atoms with E-state index in [9.17, 15) is 4.79 Å². The van der Waals surface area contributed by atoms with Crippen molar-refractivity contribution < 1.29 is 4.74 Å². The lowest BCUT2D eigenvalue weighted by Crippen LogP contribution is -2.24. The Labute approximate surface area is 179 Å². The van der Waals surface area contributed by atoms with E-state index in [1.54, 1.807) is 16.3 Å². The van der Waals surface area contributed by atoms with E-state index in [-0.39, 0.29) is 11.7 Å². The molecule has 0 atom stereocenters. The summed E-state index contributed by atoms with van der Waals surface area (Å²) in [5.74, 6) is 0.647. The van der Waals surface area contributed by atoms with Gasteiger partial charge in [0.1, 0.15) is 5.65 Å². The van der Waals surface area contributed by atoms with Gasteiger partial charge in [-0.25, -0.2) is 9.97 Å². The zero-order valence-corrected chi connectivity index (χ0v) is 18.4. The largest absolute Gasteiger partial charge is 0.379 e. The van der Waals surface area contributed by atoms with Crippen molar-refractivity contribution in [2.45, 2.75) is 50.8 Å². The van der Waals surface area contributed by atoms with Crippen LogP contribution in [0.5, 0.6) is 0 Å². The number of rotatable bonds is 8. The zero-order valence-electron chi connectivity index (χ0n) is 17.5. The molecule has 0 bridgehead atoms. The molecule has 0 amide bonds. The molecule has 0 aliphatic heterocycles. The first-order valence-corrected chi connectivity index (χ1v) is 11.2. The number of benzene rings is 1. The van der Waals surface area contributed by atoms with E-state index >= 15 is 0 Å². The van der Waals surface area contributed by atoms with Gasteiger partial charge in [-0.3, -0.25) is 9.36 Å². The minimum atomic E-state index is -0.00160. The number of hydrogen-bond acceptors (Lipinski definition) is 5. The highest BCUT2D eigenvalue weighted by Crippen LogP contribution is 2.22. The SMILES string of the molecule is Cc1ccc2nc(CSc3nc4ccccc4c(=O)n3CCCOC(C)C)cn2c1. The van der Waals surface area contributed by atoms with Gasteiger partial charge in [-0.05, 0) is 51.0 Å². The van der Waals surface area contributed by atoms with Crippen LogP contribution in [0.4, 0.5) is 0 Å². The molecule has 156 valence electrons. The molecule has 0 aliphatic rings. The van der Waals surface area contributed by atoms with Gasteiger partial charge in [-0.2, -0.15) is 0 Å². The normalized spacial score (nSPS) is 11.7. The molecule has 0 N–H and O–H groups in total. The number of ether oxygens (including phenoxy) is 1. The van der Waals surface area contributed by atoms with Crippen LogP contribution in [0.2, 0.25) is 0 Å². The van der Waals surface area contributed by atoms with Gasteiger partial charge < -0.3 is 9.14 Å². The molecule has 0 aliphatic carbocycles. The van der Waals surface area contributed by atoms with Gasteiger partial charge in [0.15, 0.2) is 5.16 Å². The standard InChI is InChI=1S/C23H26N4O2S/c1-16(2)29-12-6-11-27-22(28)19-7-4-5-8-20(19)25-23(27)30-15-18-14-26-13-17(3)9-10-21(26)24-18/h4-5,7-10,13-14,16H,6,11-12,15H2,1-3H3. The Hall–Kier alpha value is -2.64. The van der Waals surface area contributed by atoms with Gasteiger partial charge in [0, 0.05) is 31.3 Å². The molecule has 3 aromatic heterocycles. The minimum absolute atomic E-state index is 0.00160. The Morgan fingerprint density at radius 1 is 1.10 bits per heavy atom. The molecule has 4 rings (SSSR count). The third-order valence-electron chi connectivity index (χ3n) is 4.80. The van der Waals surface area contributed by atoms with E-state index in [2.05, 4.69) is 24.2 Å². The van der Waals surface area contributed by atoms with E-state index in [1.165, 1.54) is 5.56 Å². The van der Waals surface area contributed by atoms with Crippen LogP contribution in [0.3, 0.4) is 0 Å². The summed E-state index contributed by atoms with van der Waals surface area (Å²) in [5.41, 5.74) is 3.80. The van der Waals surface area contributed by atoms with Crippen molar-refractivity contribution in [3.05, 3.63) is 70.4 Å². The summed E-state index contributed by atoms with van der Waals surface area (Å²) in [7, 11) is 0. The first kappa shape index (κ1) is 20.6. The second kappa shape index (κ2) is 9.02. The van der Waals surface area contributed by atoms with Crippen molar-refractivity contribution in [3.63, 3.8) is 0 Å². The number of fused-ring (bicyclic) bond motifs is 2. The summed E-state index contributed by atoms with van der Waals surface area (Å²) in [6.45, 7) is 7.29. The lowest BCUT2D eigenvalue weighted by atomic mass is 10.2. The van der Waals surface area contributed by atoms with Crippen LogP contribution in [-0.2, 0) is 17.0 Å². The van der Waals surface area contributed by atoms with E-state index in [4.69, 9.17) is 9.72 Å². The summed E-state index contributed by atoms with van der Waals surface area (Å²) in [5, 5.41) is 1.37. The minimum Gasteiger partial charge on any atom is -0.379 e. The first-order valence-electron chi connectivity index (χ1n) is 10.2. The summed E-state index contributed by atoms with van der Waals surface area (Å²) >= 11 is 1.55. The van der Waals surface area contributed by atoms with Gasteiger partial charge in [-0.15, -0.1) is 0 Å². The van der Waals surface area contributed by atoms with Crippen molar-refractivity contribution >= 4 is 28.3 Å². The molecule has 7 heteroatoms. The highest BCUT2D eigenvalue weighted by molar-refractivity contribution is 7.98. The fraction of sp³-hybridized carbons (Fsp3) is 0.348. The smallest absolute Gasteiger partial charge is 0.262 e. The van der Waals surface area contributed by atoms with E-state index in [0.29, 0.717) is 24.3 Å². The maximum Gasteiger partial charge on any atom is 0.262 e. The number of para-hydroxylation sites is 1. The number of nitrogens with zero attached hydrogens (tertiary/aromatic N) is 4. The van der Waals surface area contributed by atoms with Crippen LogP contribution in [0.15, 0.2) is 58.7 Å². The van der Waals surface area contributed by atoms with Gasteiger partial charge in [0.25, 0.3) is 5.56 Å². The molecule has 0 saturated heterocycles. The third kappa shape index (κ3) is 4.57. The predicted molar refractivity (Wildman–Crippen MR) is 121 cm³/mol. The molecule has 30 heavy (non-hydrogen) atoms. The van der Waals surface area contributed by atoms with Crippen molar-refractivity contribution in [2.24, 2.45) is 0 Å². The van der Waals surface area contributed by atoms with Crippen LogP contribution in [-0.4, -0.2) is 31.6 Å². The average molecular weight is 423 g/mol. The second-order valence-corrected chi connectivity index (χ2v) is 8.58. The highest BCUT2D eigenvalue weighted by Gasteiger charge is 2.13. The second-order valence-electron chi connectivity index (χ2n) is 7.63. The van der Waals surface area contributed by atoms with Crippen LogP contribution in [0.1, 0.15) is 31.5 Å². The summed E-state index contributed by atoms with van der Waals surface area (Å²) in [4.78, 5) is 22.6. The van der Waals surface area contributed by atoms with E-state index in [1.807, 2.05) is 54.8 Å². The molecule has 3 heterocycles. The number of hydrogen-bond donors (Lipinski definition) is 0. The molecule has 0 radical (unpaired) electrons. The zero-order chi connectivity index (χ0) is 21.1. The Morgan fingerprint density at radius 3 is 2.77 bits per heavy atom. The fourth-order valence-electron chi connectivity index (χ4n) is 3.36. The van der Waals surface area contributed by atoms with Crippen molar-refractivity contribution in [3.8, 4) is 0 Å². The molecule has 0 fully saturated rings. The van der Waals surface area contributed by atoms with Crippen LogP contribution in [0, 0.1) is 6.92 Å². The van der Waals surface area contributed by atoms with Crippen LogP contribution >= 0.6 is 11.8 Å². The molecular formula is C23H26N4O2S. The molecule has 1 aromatic carbocycles. The Balaban J connectivity index is 1.60. The molecule has 6 nitrogen and oxygen atoms in total. The van der Waals surface area contributed by atoms with Gasteiger partial charge in [-0.1, -0.05) is 30.0 Å². The number of thioether (sulfide) groups is 1. The molecule has 0 unspecified atom stereocenters. The fourth-order valence-corrected chi connectivity index (χ4v) is 4.27. The number of aryl methyl sites for hydroxylation is 1. The molecular weight excluding hydrogens is 396 g/mol. The average Bonchev–Trinajstić information content (AvgIpc) is 3.13. The third-order valence-corrected chi connectivity index (χ3v) is 5.81. The summed E-state index contributed by atoms with van der Waals surface area (Å²) in [6.07, 6.45) is 5.05. The summed E-state index contributed by atoms with van der Waals surface area (Å²) < 4.78 is 9.46. The Bertz CT molecular complexity index is 1230. The van der Waals surface area contributed by atoms with Gasteiger partial charge in [0.2, 0.25) is 0 Å². The summed E-state index contributed by atoms with van der Waals surface area (Å²) in [6, 6.07) is 11.6. The highest BCUT2D eigenvalue weighted by atomic mass is 32.2.